The van der Waals surface area contributed by atoms with Crippen molar-refractivity contribution in [1.29, 1.82) is 0 Å². The molecule has 0 aliphatic carbocycles. The summed E-state index contributed by atoms with van der Waals surface area (Å²) in [4.78, 5) is 24.5. The Morgan fingerprint density at radius 2 is 1.97 bits per heavy atom. The van der Waals surface area contributed by atoms with Crippen molar-refractivity contribution in [3.63, 3.8) is 0 Å². The molecule has 3 atom stereocenters. The van der Waals surface area contributed by atoms with E-state index in [0.717, 1.165) is 44.7 Å². The van der Waals surface area contributed by atoms with E-state index in [9.17, 15) is 9.18 Å². The molecule has 2 fully saturated rings. The third kappa shape index (κ3) is 3.99. The maximum Gasteiger partial charge on any atom is 0.350 e. The van der Waals surface area contributed by atoms with Crippen LogP contribution in [0.25, 0.3) is 0 Å². The lowest BCUT2D eigenvalue weighted by Gasteiger charge is -2.49. The van der Waals surface area contributed by atoms with Gasteiger partial charge >= 0.3 is 6.03 Å². The number of benzene rings is 2. The Kier molecular flexibility index (Phi) is 6.14. The second kappa shape index (κ2) is 9.23. The molecule has 3 aliphatic rings. The van der Waals surface area contributed by atoms with Crippen molar-refractivity contribution in [3.8, 4) is 11.8 Å². The summed E-state index contributed by atoms with van der Waals surface area (Å²) < 4.78 is 14.2. The highest BCUT2D eigenvalue weighted by Crippen LogP contribution is 2.43. The number of nitrogens with zero attached hydrogens (tertiary/aromatic N) is 4. The number of amidine groups is 1. The number of aliphatic imine (C=N–C) groups is 1. The van der Waals surface area contributed by atoms with Gasteiger partial charge in [-0.1, -0.05) is 42.3 Å². The lowest BCUT2D eigenvalue weighted by Crippen LogP contribution is -2.63. The molecule has 34 heavy (non-hydrogen) atoms. The van der Waals surface area contributed by atoms with Crippen LogP contribution < -0.4 is 4.90 Å². The van der Waals surface area contributed by atoms with Crippen molar-refractivity contribution in [2.45, 2.75) is 50.6 Å². The predicted molar refractivity (Wildman–Crippen MR) is 134 cm³/mol. The molecule has 176 valence electrons. The fourth-order valence-corrected chi connectivity index (χ4v) is 5.91. The number of anilines is 1. The Bertz CT molecular complexity index is 1150. The van der Waals surface area contributed by atoms with E-state index in [-0.39, 0.29) is 17.9 Å². The van der Waals surface area contributed by atoms with E-state index in [0.29, 0.717) is 18.2 Å². The molecule has 2 saturated heterocycles. The molecule has 3 aliphatic heterocycles. The number of carbonyl (C=O) groups is 1. The van der Waals surface area contributed by atoms with Crippen LogP contribution in [0, 0.1) is 17.7 Å². The summed E-state index contributed by atoms with van der Waals surface area (Å²) in [5, 5.41) is 0. The normalized spacial score (nSPS) is 27.1. The zero-order valence-corrected chi connectivity index (χ0v) is 19.9. The summed E-state index contributed by atoms with van der Waals surface area (Å²) in [5.74, 6) is 7.09. The average molecular weight is 459 g/mol. The summed E-state index contributed by atoms with van der Waals surface area (Å²) in [5.41, 5.74) is 1.33. The highest BCUT2D eigenvalue weighted by Gasteiger charge is 2.55. The van der Waals surface area contributed by atoms with E-state index >= 15 is 0 Å². The summed E-state index contributed by atoms with van der Waals surface area (Å²) in [6.45, 7) is 7.29. The second-order valence-corrected chi connectivity index (χ2v) is 9.61. The third-order valence-electron chi connectivity index (χ3n) is 7.59. The molecule has 1 unspecified atom stereocenters. The van der Waals surface area contributed by atoms with Crippen LogP contribution in [-0.4, -0.2) is 59.4 Å². The standard InChI is InChI=1S/C28H31FN4O/c1-3-4-15-31-17-14-28(19-21(31)2)26(30-27(34)33(28)25-12-8-11-24(29)18-25)32-16-13-23(20-32)22-9-6-5-7-10-22/h5-12,18,21,23H,13-17,19-20H2,1-2H3/t21-,23?,28-/m1/s1. The average Bonchev–Trinajstić information content (AvgIpc) is 3.42. The molecule has 2 aromatic rings. The lowest BCUT2D eigenvalue weighted by atomic mass is 9.80. The van der Waals surface area contributed by atoms with Crippen molar-refractivity contribution in [2.75, 3.05) is 31.1 Å². The fraction of sp³-hybridized carbons (Fsp3) is 0.429. The first-order chi connectivity index (χ1) is 16.5. The van der Waals surface area contributed by atoms with Gasteiger partial charge < -0.3 is 4.90 Å². The van der Waals surface area contributed by atoms with Gasteiger partial charge in [0.05, 0.1) is 6.54 Å². The van der Waals surface area contributed by atoms with E-state index < -0.39 is 5.54 Å². The maximum absolute atomic E-state index is 14.2. The van der Waals surface area contributed by atoms with Gasteiger partial charge in [-0.15, -0.1) is 5.92 Å². The minimum Gasteiger partial charge on any atom is -0.357 e. The van der Waals surface area contributed by atoms with E-state index in [2.05, 4.69) is 57.8 Å². The quantitative estimate of drug-likeness (QED) is 0.614. The highest BCUT2D eigenvalue weighted by molar-refractivity contribution is 6.16. The number of likely N-dealkylation sites (tertiary alicyclic amines) is 2. The molecule has 2 aromatic carbocycles. The number of halogens is 1. The fourth-order valence-electron chi connectivity index (χ4n) is 5.91. The molecule has 2 amide bonds. The smallest absolute Gasteiger partial charge is 0.350 e. The van der Waals surface area contributed by atoms with Crippen molar-refractivity contribution in [3.05, 3.63) is 66.0 Å². The van der Waals surface area contributed by atoms with Crippen LogP contribution in [0.4, 0.5) is 14.9 Å². The summed E-state index contributed by atoms with van der Waals surface area (Å²) >= 11 is 0. The first kappa shape index (κ1) is 22.6. The van der Waals surface area contributed by atoms with E-state index in [4.69, 9.17) is 0 Å². The van der Waals surface area contributed by atoms with E-state index in [1.54, 1.807) is 11.0 Å². The Morgan fingerprint density at radius 1 is 1.15 bits per heavy atom. The first-order valence-corrected chi connectivity index (χ1v) is 12.1. The van der Waals surface area contributed by atoms with Gasteiger partial charge in [-0.25, -0.2) is 9.18 Å². The highest BCUT2D eigenvalue weighted by atomic mass is 19.1. The van der Waals surface area contributed by atoms with Gasteiger partial charge in [-0.2, -0.15) is 4.99 Å². The van der Waals surface area contributed by atoms with Gasteiger partial charge in [0, 0.05) is 37.3 Å². The van der Waals surface area contributed by atoms with Crippen LogP contribution in [0.5, 0.6) is 0 Å². The first-order valence-electron chi connectivity index (χ1n) is 12.1. The number of hydrogen-bond donors (Lipinski definition) is 0. The molecule has 0 bridgehead atoms. The SMILES string of the molecule is CC#CCN1CC[C@@]2(C[C@H]1C)C(N1CCC(c3ccccc3)C1)=NC(=O)N2c1cccc(F)c1. The minimum absolute atomic E-state index is 0.217. The van der Waals surface area contributed by atoms with Crippen molar-refractivity contribution in [2.24, 2.45) is 4.99 Å². The molecule has 1 spiro atoms. The van der Waals surface area contributed by atoms with Crippen LogP contribution in [-0.2, 0) is 0 Å². The number of piperidine rings is 1. The van der Waals surface area contributed by atoms with Gasteiger partial charge in [-0.05, 0) is 56.9 Å². The Balaban J connectivity index is 1.49. The van der Waals surface area contributed by atoms with Crippen molar-refractivity contribution < 1.29 is 9.18 Å². The van der Waals surface area contributed by atoms with Gasteiger partial charge in [0.25, 0.3) is 0 Å². The van der Waals surface area contributed by atoms with Crippen molar-refractivity contribution >= 4 is 17.6 Å². The van der Waals surface area contributed by atoms with Crippen molar-refractivity contribution in [1.82, 2.24) is 9.80 Å². The zero-order chi connectivity index (χ0) is 23.7. The molecule has 5 rings (SSSR count). The van der Waals surface area contributed by atoms with Gasteiger partial charge in [-0.3, -0.25) is 9.80 Å². The number of hydrogen-bond acceptors (Lipinski definition) is 3. The molecule has 5 nitrogen and oxygen atoms in total. The van der Waals surface area contributed by atoms with Crippen LogP contribution in [0.15, 0.2) is 59.6 Å². The topological polar surface area (TPSA) is 39.1 Å². The van der Waals surface area contributed by atoms with Gasteiger partial charge in [0.1, 0.15) is 17.2 Å². The number of carbonyl (C=O) groups excluding carboxylic acids is 1. The molecule has 0 saturated carbocycles. The zero-order valence-electron chi connectivity index (χ0n) is 19.9. The largest absolute Gasteiger partial charge is 0.357 e. The summed E-state index contributed by atoms with van der Waals surface area (Å²) in [6, 6.07) is 16.8. The van der Waals surface area contributed by atoms with Crippen LogP contribution in [0.3, 0.4) is 0 Å². The van der Waals surface area contributed by atoms with E-state index in [1.165, 1.54) is 17.7 Å². The summed E-state index contributed by atoms with van der Waals surface area (Å²) in [6.07, 6.45) is 2.52. The Labute approximate surface area is 201 Å². The number of amides is 2. The Morgan fingerprint density at radius 3 is 2.71 bits per heavy atom. The number of rotatable bonds is 3. The second-order valence-electron chi connectivity index (χ2n) is 9.61. The molecule has 0 aromatic heterocycles. The molecular formula is C28H31FN4O. The minimum atomic E-state index is -0.577. The van der Waals surface area contributed by atoms with E-state index in [1.807, 2.05) is 19.1 Å². The maximum atomic E-state index is 14.2. The predicted octanol–water partition coefficient (Wildman–Crippen LogP) is 4.90. The molecule has 0 radical (unpaired) electrons. The molecule has 3 heterocycles. The lowest BCUT2D eigenvalue weighted by molar-refractivity contribution is 0.142. The Hall–Kier alpha value is -3.17. The van der Waals surface area contributed by atoms with Crippen LogP contribution in [0.2, 0.25) is 0 Å². The molecular weight excluding hydrogens is 427 g/mol. The monoisotopic (exact) mass is 458 g/mol. The number of urea groups is 1. The third-order valence-corrected chi connectivity index (χ3v) is 7.59. The molecule has 0 N–H and O–H groups in total. The van der Waals surface area contributed by atoms with Crippen LogP contribution in [0.1, 0.15) is 44.6 Å². The van der Waals surface area contributed by atoms with Gasteiger partial charge in [0.2, 0.25) is 0 Å². The summed E-state index contributed by atoms with van der Waals surface area (Å²) in [7, 11) is 0. The van der Waals surface area contributed by atoms with Crippen LogP contribution >= 0.6 is 0 Å². The van der Waals surface area contributed by atoms with Gasteiger partial charge in [0.15, 0.2) is 0 Å². The molecule has 6 heteroatoms.